The van der Waals surface area contributed by atoms with Gasteiger partial charge in [0.25, 0.3) is 5.91 Å². The monoisotopic (exact) mass is 459 g/mol. The average molecular weight is 460 g/mol. The molecular formula is C20H30ClN3O5S. The fraction of sp³-hybridized carbons (Fsp3) is 0.700. The van der Waals surface area contributed by atoms with E-state index in [2.05, 4.69) is 4.90 Å². The van der Waals surface area contributed by atoms with Gasteiger partial charge in [0, 0.05) is 6.54 Å². The van der Waals surface area contributed by atoms with Gasteiger partial charge < -0.3 is 9.32 Å². The normalized spacial score (nSPS) is 27.1. The average Bonchev–Trinajstić information content (AvgIpc) is 3.37. The van der Waals surface area contributed by atoms with Crippen molar-refractivity contribution < 1.29 is 22.4 Å². The van der Waals surface area contributed by atoms with Crippen LogP contribution in [0.1, 0.15) is 49.4 Å². The Hall–Kier alpha value is -1.58. The summed E-state index contributed by atoms with van der Waals surface area (Å²) in [5.74, 6) is -0.250. The van der Waals surface area contributed by atoms with Crippen LogP contribution in [0.25, 0.3) is 0 Å². The molecule has 0 unspecified atom stereocenters. The molecule has 3 atom stereocenters. The Bertz CT molecular complexity index is 909. The SMILES string of the molecule is CC(C)[C@H]1C(=O)N(S(C)(=O)=O)[C@H]2CCN(C(=O)c3ccc(CN4CCCC4)o3)[C@H]12.Cl. The lowest BCUT2D eigenvalue weighted by atomic mass is 9.88. The van der Waals surface area contributed by atoms with E-state index in [0.29, 0.717) is 19.5 Å². The lowest BCUT2D eigenvalue weighted by Gasteiger charge is -2.28. The van der Waals surface area contributed by atoms with Gasteiger partial charge in [0.15, 0.2) is 5.76 Å². The first-order chi connectivity index (χ1) is 13.7. The second-order valence-electron chi connectivity index (χ2n) is 8.76. The van der Waals surface area contributed by atoms with Gasteiger partial charge in [0.05, 0.1) is 30.8 Å². The second-order valence-corrected chi connectivity index (χ2v) is 10.6. The molecule has 0 saturated carbocycles. The molecule has 1 aromatic heterocycles. The summed E-state index contributed by atoms with van der Waals surface area (Å²) in [7, 11) is -3.68. The summed E-state index contributed by atoms with van der Waals surface area (Å²) < 4.78 is 31.3. The van der Waals surface area contributed by atoms with Crippen LogP contribution < -0.4 is 0 Å². The van der Waals surface area contributed by atoms with Crippen molar-refractivity contribution in [3.05, 3.63) is 23.7 Å². The van der Waals surface area contributed by atoms with Gasteiger partial charge in [-0.1, -0.05) is 13.8 Å². The van der Waals surface area contributed by atoms with E-state index in [1.165, 1.54) is 12.8 Å². The molecule has 3 fully saturated rings. The first-order valence-electron chi connectivity index (χ1n) is 10.3. The number of nitrogens with zero attached hydrogens (tertiary/aromatic N) is 3. The van der Waals surface area contributed by atoms with Crippen molar-refractivity contribution in [1.82, 2.24) is 14.1 Å². The molecule has 3 saturated heterocycles. The highest BCUT2D eigenvalue weighted by Gasteiger charge is 2.58. The minimum Gasteiger partial charge on any atom is -0.455 e. The van der Waals surface area contributed by atoms with E-state index in [-0.39, 0.29) is 30.0 Å². The van der Waals surface area contributed by atoms with E-state index in [1.807, 2.05) is 19.9 Å². The van der Waals surface area contributed by atoms with Crippen LogP contribution in [0.4, 0.5) is 0 Å². The van der Waals surface area contributed by atoms with Crippen molar-refractivity contribution in [2.45, 2.75) is 51.7 Å². The van der Waals surface area contributed by atoms with Gasteiger partial charge in [-0.25, -0.2) is 12.7 Å². The number of amides is 2. The van der Waals surface area contributed by atoms with Crippen molar-refractivity contribution in [1.29, 1.82) is 0 Å². The highest BCUT2D eigenvalue weighted by Crippen LogP contribution is 2.41. The van der Waals surface area contributed by atoms with E-state index in [4.69, 9.17) is 4.42 Å². The zero-order valence-electron chi connectivity index (χ0n) is 17.6. The van der Waals surface area contributed by atoms with Gasteiger partial charge in [-0.2, -0.15) is 0 Å². The van der Waals surface area contributed by atoms with Crippen molar-refractivity contribution in [3.8, 4) is 0 Å². The Morgan fingerprint density at radius 1 is 1.20 bits per heavy atom. The lowest BCUT2D eigenvalue weighted by molar-refractivity contribution is -0.129. The fourth-order valence-corrected chi connectivity index (χ4v) is 6.32. The summed E-state index contributed by atoms with van der Waals surface area (Å²) in [6, 6.07) is 2.59. The maximum atomic E-state index is 13.2. The van der Waals surface area contributed by atoms with E-state index >= 15 is 0 Å². The van der Waals surface area contributed by atoms with E-state index in [0.717, 1.165) is 29.4 Å². The number of carbonyl (C=O) groups excluding carboxylic acids is 2. The molecule has 0 spiro atoms. The van der Waals surface area contributed by atoms with Crippen molar-refractivity contribution in [2.75, 3.05) is 25.9 Å². The lowest BCUT2D eigenvalue weighted by Crippen LogP contribution is -2.44. The summed E-state index contributed by atoms with van der Waals surface area (Å²) in [6.45, 7) is 6.98. The molecule has 3 aliphatic rings. The largest absolute Gasteiger partial charge is 0.455 e. The fourth-order valence-electron chi connectivity index (χ4n) is 5.15. The molecule has 4 heterocycles. The summed E-state index contributed by atoms with van der Waals surface area (Å²) in [4.78, 5) is 30.0. The van der Waals surface area contributed by atoms with Crippen LogP contribution in [0.15, 0.2) is 16.5 Å². The van der Waals surface area contributed by atoms with Gasteiger partial charge in [-0.15, -0.1) is 12.4 Å². The molecule has 0 aliphatic carbocycles. The van der Waals surface area contributed by atoms with Gasteiger partial charge in [-0.3, -0.25) is 14.5 Å². The molecule has 0 aromatic carbocycles. The molecule has 10 heteroatoms. The smallest absolute Gasteiger partial charge is 0.289 e. The zero-order valence-corrected chi connectivity index (χ0v) is 19.2. The van der Waals surface area contributed by atoms with Crippen LogP contribution in [0.3, 0.4) is 0 Å². The van der Waals surface area contributed by atoms with E-state index < -0.39 is 33.9 Å². The summed E-state index contributed by atoms with van der Waals surface area (Å²) >= 11 is 0. The summed E-state index contributed by atoms with van der Waals surface area (Å²) in [6.07, 6.45) is 3.89. The third-order valence-electron chi connectivity index (χ3n) is 6.38. The zero-order chi connectivity index (χ0) is 20.9. The number of likely N-dealkylation sites (tertiary alicyclic amines) is 2. The highest BCUT2D eigenvalue weighted by molar-refractivity contribution is 7.88. The Kier molecular flexibility index (Phi) is 6.55. The maximum Gasteiger partial charge on any atom is 0.289 e. The van der Waals surface area contributed by atoms with Crippen molar-refractivity contribution >= 4 is 34.2 Å². The van der Waals surface area contributed by atoms with Gasteiger partial charge in [0.1, 0.15) is 5.76 Å². The van der Waals surface area contributed by atoms with Crippen LogP contribution in [-0.4, -0.2) is 72.3 Å². The number of furan rings is 1. The summed E-state index contributed by atoms with van der Waals surface area (Å²) in [5, 5.41) is 0. The molecular weight excluding hydrogens is 430 g/mol. The molecule has 8 nitrogen and oxygen atoms in total. The number of carbonyl (C=O) groups is 2. The first kappa shape index (κ1) is 23.1. The van der Waals surface area contributed by atoms with Crippen LogP contribution in [-0.2, 0) is 21.4 Å². The number of fused-ring (bicyclic) bond motifs is 1. The molecule has 168 valence electrons. The predicted octanol–water partition coefficient (Wildman–Crippen LogP) is 1.95. The van der Waals surface area contributed by atoms with Gasteiger partial charge in [-0.05, 0) is 50.4 Å². The topological polar surface area (TPSA) is 91.1 Å². The van der Waals surface area contributed by atoms with Crippen LogP contribution in [0.5, 0.6) is 0 Å². The Labute approximate surface area is 184 Å². The third kappa shape index (κ3) is 3.99. The molecule has 2 amide bonds. The van der Waals surface area contributed by atoms with Gasteiger partial charge >= 0.3 is 0 Å². The third-order valence-corrected chi connectivity index (χ3v) is 7.54. The highest BCUT2D eigenvalue weighted by atomic mass is 35.5. The van der Waals surface area contributed by atoms with Crippen LogP contribution in [0.2, 0.25) is 0 Å². The Morgan fingerprint density at radius 3 is 2.47 bits per heavy atom. The molecule has 30 heavy (non-hydrogen) atoms. The quantitative estimate of drug-likeness (QED) is 0.668. The molecule has 0 N–H and O–H groups in total. The summed E-state index contributed by atoms with van der Waals surface area (Å²) in [5.41, 5.74) is 0. The number of hydrogen-bond donors (Lipinski definition) is 0. The van der Waals surface area contributed by atoms with Crippen LogP contribution >= 0.6 is 12.4 Å². The molecule has 1 aromatic rings. The molecule has 3 aliphatic heterocycles. The van der Waals surface area contributed by atoms with E-state index in [1.54, 1.807) is 11.0 Å². The molecule has 0 radical (unpaired) electrons. The Balaban J connectivity index is 0.00000256. The number of sulfonamides is 1. The number of hydrogen-bond acceptors (Lipinski definition) is 6. The van der Waals surface area contributed by atoms with Gasteiger partial charge in [0.2, 0.25) is 15.9 Å². The first-order valence-corrected chi connectivity index (χ1v) is 12.2. The molecule has 0 bridgehead atoms. The van der Waals surface area contributed by atoms with Crippen molar-refractivity contribution in [3.63, 3.8) is 0 Å². The molecule has 4 rings (SSSR count). The Morgan fingerprint density at radius 2 is 1.87 bits per heavy atom. The number of rotatable bonds is 5. The van der Waals surface area contributed by atoms with Crippen LogP contribution in [0, 0.1) is 11.8 Å². The number of halogens is 1. The second kappa shape index (κ2) is 8.51. The minimum absolute atomic E-state index is 0. The van der Waals surface area contributed by atoms with Crippen molar-refractivity contribution in [2.24, 2.45) is 11.8 Å². The standard InChI is InChI=1S/C20H29N3O5S.ClH/c1-13(2)17-18-15(23(20(17)25)29(3,26)27)8-11-22(18)19(24)16-7-6-14(28-16)12-21-9-4-5-10-21;/h6-7,13,15,17-18H,4-5,8-12H2,1-3H3;1H/t15-,17+,18-;/m0./s1. The predicted molar refractivity (Wildman–Crippen MR) is 114 cm³/mol. The maximum absolute atomic E-state index is 13.2. The minimum atomic E-state index is -3.68. The van der Waals surface area contributed by atoms with E-state index in [9.17, 15) is 18.0 Å².